The summed E-state index contributed by atoms with van der Waals surface area (Å²) in [4.78, 5) is 16.2. The van der Waals surface area contributed by atoms with Crippen LogP contribution < -0.4 is 14.8 Å². The first-order chi connectivity index (χ1) is 13.2. The molecule has 2 aromatic carbocycles. The predicted molar refractivity (Wildman–Crippen MR) is 94.6 cm³/mol. The molecular formula is C20H17FN2O4. The Hall–Kier alpha value is -3.35. The van der Waals surface area contributed by atoms with E-state index in [9.17, 15) is 9.18 Å². The summed E-state index contributed by atoms with van der Waals surface area (Å²) in [6, 6.07) is 11.9. The lowest BCUT2D eigenvalue weighted by Gasteiger charge is -2.05. The van der Waals surface area contributed by atoms with Crippen LogP contribution in [0.25, 0.3) is 11.3 Å². The molecule has 4 rings (SSSR count). The standard InChI is InChI=1S/C20H17FN2O4/c21-15-4-2-1-3-14(15)18-11-23-20(27-18)8-7-19(24)22-10-13-5-6-16-17(9-13)26-12-25-16/h1-6,9,11H,7-8,10,12H2,(H,22,24). The van der Waals surface area contributed by atoms with Crippen molar-refractivity contribution >= 4 is 5.91 Å². The molecule has 0 spiro atoms. The van der Waals surface area contributed by atoms with E-state index >= 15 is 0 Å². The average molecular weight is 368 g/mol. The van der Waals surface area contributed by atoms with Gasteiger partial charge in [-0.15, -0.1) is 0 Å². The molecule has 0 saturated carbocycles. The monoisotopic (exact) mass is 368 g/mol. The molecule has 0 bridgehead atoms. The first kappa shape index (κ1) is 17.1. The van der Waals surface area contributed by atoms with E-state index in [4.69, 9.17) is 13.9 Å². The molecule has 0 radical (unpaired) electrons. The number of fused-ring (bicyclic) bond motifs is 1. The first-order valence-corrected chi connectivity index (χ1v) is 8.54. The fraction of sp³-hybridized carbons (Fsp3) is 0.200. The highest BCUT2D eigenvalue weighted by Gasteiger charge is 2.14. The molecule has 6 nitrogen and oxygen atoms in total. The highest BCUT2D eigenvalue weighted by Crippen LogP contribution is 2.32. The summed E-state index contributed by atoms with van der Waals surface area (Å²) in [6.45, 7) is 0.609. The number of oxazole rings is 1. The Morgan fingerprint density at radius 1 is 1.15 bits per heavy atom. The highest BCUT2D eigenvalue weighted by atomic mass is 19.1. The Morgan fingerprint density at radius 3 is 2.89 bits per heavy atom. The molecule has 1 aliphatic heterocycles. The molecular weight excluding hydrogens is 351 g/mol. The number of halogens is 1. The van der Waals surface area contributed by atoms with Gasteiger partial charge in [-0.2, -0.15) is 0 Å². The maximum absolute atomic E-state index is 13.8. The summed E-state index contributed by atoms with van der Waals surface area (Å²) in [5, 5.41) is 2.84. The Kier molecular flexibility index (Phi) is 4.74. The number of nitrogens with zero attached hydrogens (tertiary/aromatic N) is 1. The van der Waals surface area contributed by atoms with Crippen molar-refractivity contribution < 1.29 is 23.1 Å². The zero-order valence-corrected chi connectivity index (χ0v) is 14.4. The van der Waals surface area contributed by atoms with Crippen molar-refractivity contribution in [1.82, 2.24) is 10.3 Å². The molecule has 1 aromatic heterocycles. The van der Waals surface area contributed by atoms with E-state index in [-0.39, 0.29) is 24.9 Å². The van der Waals surface area contributed by atoms with Crippen LogP contribution in [0.2, 0.25) is 0 Å². The Morgan fingerprint density at radius 2 is 2.00 bits per heavy atom. The molecule has 0 atom stereocenters. The smallest absolute Gasteiger partial charge is 0.231 e. The van der Waals surface area contributed by atoms with E-state index in [1.165, 1.54) is 12.3 Å². The van der Waals surface area contributed by atoms with Gasteiger partial charge in [-0.3, -0.25) is 4.79 Å². The third-order valence-corrected chi connectivity index (χ3v) is 4.19. The molecule has 2 heterocycles. The summed E-state index contributed by atoms with van der Waals surface area (Å²) >= 11 is 0. The number of hydrogen-bond acceptors (Lipinski definition) is 5. The van der Waals surface area contributed by atoms with Crippen LogP contribution >= 0.6 is 0 Å². The minimum absolute atomic E-state index is 0.127. The quantitative estimate of drug-likeness (QED) is 0.721. The lowest BCUT2D eigenvalue weighted by Crippen LogP contribution is -2.23. The molecule has 138 valence electrons. The zero-order valence-electron chi connectivity index (χ0n) is 14.4. The van der Waals surface area contributed by atoms with Gasteiger partial charge in [-0.25, -0.2) is 9.37 Å². The van der Waals surface area contributed by atoms with E-state index in [1.54, 1.807) is 18.2 Å². The van der Waals surface area contributed by atoms with Crippen LogP contribution in [-0.4, -0.2) is 17.7 Å². The van der Waals surface area contributed by atoms with Gasteiger partial charge in [0.15, 0.2) is 23.1 Å². The van der Waals surface area contributed by atoms with Gasteiger partial charge in [-0.05, 0) is 29.8 Å². The molecule has 1 N–H and O–H groups in total. The fourth-order valence-corrected chi connectivity index (χ4v) is 2.77. The number of benzene rings is 2. The Balaban J connectivity index is 1.29. The highest BCUT2D eigenvalue weighted by molar-refractivity contribution is 5.76. The molecule has 0 unspecified atom stereocenters. The maximum atomic E-state index is 13.8. The van der Waals surface area contributed by atoms with E-state index in [0.29, 0.717) is 41.7 Å². The maximum Gasteiger partial charge on any atom is 0.231 e. The van der Waals surface area contributed by atoms with Gasteiger partial charge < -0.3 is 19.2 Å². The Bertz CT molecular complexity index is 970. The van der Waals surface area contributed by atoms with Crippen LogP contribution in [-0.2, 0) is 17.8 Å². The summed E-state index contributed by atoms with van der Waals surface area (Å²) in [7, 11) is 0. The van der Waals surface area contributed by atoms with Crippen molar-refractivity contribution in [3.05, 3.63) is 65.9 Å². The van der Waals surface area contributed by atoms with Crippen LogP contribution in [0.4, 0.5) is 4.39 Å². The molecule has 27 heavy (non-hydrogen) atoms. The third kappa shape index (κ3) is 3.92. The van der Waals surface area contributed by atoms with Crippen LogP contribution in [0.5, 0.6) is 11.5 Å². The van der Waals surface area contributed by atoms with Crippen molar-refractivity contribution in [3.8, 4) is 22.8 Å². The molecule has 0 saturated heterocycles. The first-order valence-electron chi connectivity index (χ1n) is 8.54. The number of ether oxygens (including phenoxy) is 2. The molecule has 1 amide bonds. The van der Waals surface area contributed by atoms with Crippen LogP contribution in [0, 0.1) is 5.82 Å². The van der Waals surface area contributed by atoms with Gasteiger partial charge in [0.1, 0.15) is 5.82 Å². The number of nitrogens with one attached hydrogen (secondary N) is 1. The van der Waals surface area contributed by atoms with Crippen LogP contribution in [0.15, 0.2) is 53.1 Å². The second kappa shape index (κ2) is 7.49. The number of carbonyl (C=O) groups excluding carboxylic acids is 1. The lowest BCUT2D eigenvalue weighted by molar-refractivity contribution is -0.121. The lowest BCUT2D eigenvalue weighted by atomic mass is 10.2. The van der Waals surface area contributed by atoms with Gasteiger partial charge in [0.25, 0.3) is 0 Å². The second-order valence-electron chi connectivity index (χ2n) is 6.06. The van der Waals surface area contributed by atoms with Gasteiger partial charge in [-0.1, -0.05) is 18.2 Å². The van der Waals surface area contributed by atoms with Crippen molar-refractivity contribution in [3.63, 3.8) is 0 Å². The van der Waals surface area contributed by atoms with Crippen LogP contribution in [0.1, 0.15) is 17.9 Å². The van der Waals surface area contributed by atoms with Crippen molar-refractivity contribution in [1.29, 1.82) is 0 Å². The molecule has 0 fully saturated rings. The van der Waals surface area contributed by atoms with E-state index in [2.05, 4.69) is 10.3 Å². The van der Waals surface area contributed by atoms with E-state index < -0.39 is 0 Å². The number of hydrogen-bond donors (Lipinski definition) is 1. The second-order valence-corrected chi connectivity index (χ2v) is 6.06. The van der Waals surface area contributed by atoms with Crippen LogP contribution in [0.3, 0.4) is 0 Å². The number of carbonyl (C=O) groups is 1. The molecule has 7 heteroatoms. The minimum atomic E-state index is -0.373. The normalized spacial score (nSPS) is 12.2. The molecule has 0 aliphatic carbocycles. The summed E-state index contributed by atoms with van der Waals surface area (Å²) in [5.74, 6) is 1.64. The molecule has 3 aromatic rings. The fourth-order valence-electron chi connectivity index (χ4n) is 2.77. The summed E-state index contributed by atoms with van der Waals surface area (Å²) < 4.78 is 29.9. The van der Waals surface area contributed by atoms with Crippen molar-refractivity contribution in [2.24, 2.45) is 0 Å². The number of amides is 1. The van der Waals surface area contributed by atoms with Gasteiger partial charge >= 0.3 is 0 Å². The SMILES string of the molecule is O=C(CCc1ncc(-c2ccccc2F)o1)NCc1ccc2c(c1)OCO2. The minimum Gasteiger partial charge on any atom is -0.454 e. The zero-order chi connectivity index (χ0) is 18.6. The van der Waals surface area contributed by atoms with E-state index in [1.807, 2.05) is 18.2 Å². The number of rotatable bonds is 6. The molecule has 1 aliphatic rings. The number of aryl methyl sites for hydroxylation is 1. The van der Waals surface area contributed by atoms with Gasteiger partial charge in [0.2, 0.25) is 12.7 Å². The van der Waals surface area contributed by atoms with Gasteiger partial charge in [0.05, 0.1) is 11.8 Å². The van der Waals surface area contributed by atoms with Gasteiger partial charge in [0, 0.05) is 19.4 Å². The van der Waals surface area contributed by atoms with Crippen molar-refractivity contribution in [2.45, 2.75) is 19.4 Å². The summed E-state index contributed by atoms with van der Waals surface area (Å²) in [6.07, 6.45) is 2.03. The topological polar surface area (TPSA) is 73.6 Å². The third-order valence-electron chi connectivity index (χ3n) is 4.19. The Labute approximate surface area is 154 Å². The predicted octanol–water partition coefficient (Wildman–Crippen LogP) is 3.46. The van der Waals surface area contributed by atoms with Crippen molar-refractivity contribution in [2.75, 3.05) is 6.79 Å². The van der Waals surface area contributed by atoms with E-state index in [0.717, 1.165) is 5.56 Å². The number of aromatic nitrogens is 1. The average Bonchev–Trinajstić information content (AvgIpc) is 3.34. The largest absolute Gasteiger partial charge is 0.454 e. The summed E-state index contributed by atoms with van der Waals surface area (Å²) in [5.41, 5.74) is 1.27.